The van der Waals surface area contributed by atoms with Crippen LogP contribution in [0.1, 0.15) is 5.56 Å². The largest absolute Gasteiger partial charge is 0.416 e. The zero-order valence-electron chi connectivity index (χ0n) is 9.13. The lowest BCUT2D eigenvalue weighted by Crippen LogP contribution is -2.04. The minimum Gasteiger partial charge on any atom is -0.396 e. The van der Waals surface area contributed by atoms with Gasteiger partial charge in [0.1, 0.15) is 0 Å². The van der Waals surface area contributed by atoms with Crippen molar-refractivity contribution in [2.75, 3.05) is 5.73 Å². The molecule has 2 N–H and O–H groups in total. The summed E-state index contributed by atoms with van der Waals surface area (Å²) in [6.07, 6.45) is -4.40. The summed E-state index contributed by atoms with van der Waals surface area (Å²) in [5.74, 6) is -0.628. The number of hydrogen-bond acceptors (Lipinski definition) is 1. The third-order valence-electron chi connectivity index (χ3n) is 2.55. The molecule has 0 aliphatic heterocycles. The molecule has 1 nitrogen and oxygen atoms in total. The molecule has 0 amide bonds. The van der Waals surface area contributed by atoms with Crippen molar-refractivity contribution in [3.8, 4) is 11.1 Å². The van der Waals surface area contributed by atoms with E-state index in [1.165, 1.54) is 24.3 Å². The number of rotatable bonds is 1. The van der Waals surface area contributed by atoms with Gasteiger partial charge in [0.05, 0.1) is 11.3 Å². The summed E-state index contributed by atoms with van der Waals surface area (Å²) in [6, 6.07) is 8.68. The Labute approximate surface area is 101 Å². The Morgan fingerprint density at radius 1 is 0.889 bits per heavy atom. The molecule has 2 aromatic carbocycles. The first-order chi connectivity index (χ1) is 8.39. The Hall–Kier alpha value is -2.04. The van der Waals surface area contributed by atoms with Gasteiger partial charge in [0.2, 0.25) is 0 Å². The molecule has 0 saturated heterocycles. The second-order valence-corrected chi connectivity index (χ2v) is 3.78. The van der Waals surface area contributed by atoms with E-state index in [9.17, 15) is 17.6 Å². The fourth-order valence-electron chi connectivity index (χ4n) is 1.61. The van der Waals surface area contributed by atoms with Gasteiger partial charge in [0.15, 0.2) is 5.82 Å². The third-order valence-corrected chi connectivity index (χ3v) is 2.55. The predicted octanol–water partition coefficient (Wildman–Crippen LogP) is 4.09. The summed E-state index contributed by atoms with van der Waals surface area (Å²) in [7, 11) is 0. The highest BCUT2D eigenvalue weighted by Gasteiger charge is 2.30. The summed E-state index contributed by atoms with van der Waals surface area (Å²) < 4.78 is 50.8. The minimum atomic E-state index is -4.40. The number of benzene rings is 2. The Kier molecular flexibility index (Phi) is 2.98. The molecule has 0 atom stereocenters. The first-order valence-corrected chi connectivity index (χ1v) is 5.11. The van der Waals surface area contributed by atoms with E-state index < -0.39 is 17.6 Å². The van der Waals surface area contributed by atoms with Crippen LogP contribution in [-0.2, 0) is 6.18 Å². The smallest absolute Gasteiger partial charge is 0.396 e. The predicted molar refractivity (Wildman–Crippen MR) is 61.3 cm³/mol. The molecular formula is C13H9F4N. The van der Waals surface area contributed by atoms with Crippen LogP contribution in [0, 0.1) is 5.82 Å². The zero-order chi connectivity index (χ0) is 13.3. The zero-order valence-corrected chi connectivity index (χ0v) is 9.13. The van der Waals surface area contributed by atoms with E-state index in [1.54, 1.807) is 6.07 Å². The fraction of sp³-hybridized carbons (Fsp3) is 0.0769. The van der Waals surface area contributed by atoms with E-state index in [2.05, 4.69) is 0 Å². The van der Waals surface area contributed by atoms with Crippen LogP contribution in [-0.4, -0.2) is 0 Å². The van der Waals surface area contributed by atoms with Crippen LogP contribution in [0.25, 0.3) is 11.1 Å². The number of hydrogen-bond donors (Lipinski definition) is 1. The van der Waals surface area contributed by atoms with E-state index in [0.717, 1.165) is 12.1 Å². The van der Waals surface area contributed by atoms with Crippen molar-refractivity contribution in [1.29, 1.82) is 0 Å². The molecule has 2 aromatic rings. The van der Waals surface area contributed by atoms with Crippen LogP contribution in [0.3, 0.4) is 0 Å². The van der Waals surface area contributed by atoms with E-state index >= 15 is 0 Å². The molecule has 0 radical (unpaired) electrons. The third kappa shape index (κ3) is 2.30. The van der Waals surface area contributed by atoms with Crippen LogP contribution in [0.2, 0.25) is 0 Å². The standard InChI is InChI=1S/C13H9F4N/c14-12-10(2-1-3-11(12)18)8-4-6-9(7-5-8)13(15,16)17/h1-7H,18H2. The molecule has 0 aliphatic rings. The molecule has 0 saturated carbocycles. The fourth-order valence-corrected chi connectivity index (χ4v) is 1.61. The molecular weight excluding hydrogens is 246 g/mol. The van der Waals surface area contributed by atoms with E-state index in [1.807, 2.05) is 0 Å². The van der Waals surface area contributed by atoms with Crippen molar-refractivity contribution in [3.05, 3.63) is 53.8 Å². The topological polar surface area (TPSA) is 26.0 Å². The average molecular weight is 255 g/mol. The Morgan fingerprint density at radius 2 is 1.50 bits per heavy atom. The number of nitrogens with two attached hydrogens (primary N) is 1. The van der Waals surface area contributed by atoms with Crippen LogP contribution in [0.5, 0.6) is 0 Å². The number of halogens is 4. The maximum absolute atomic E-state index is 13.7. The highest BCUT2D eigenvalue weighted by molar-refractivity contribution is 5.68. The van der Waals surface area contributed by atoms with Gasteiger partial charge < -0.3 is 5.73 Å². The Morgan fingerprint density at radius 3 is 2.06 bits per heavy atom. The van der Waals surface area contributed by atoms with Crippen molar-refractivity contribution in [1.82, 2.24) is 0 Å². The molecule has 0 spiro atoms. The van der Waals surface area contributed by atoms with Crippen molar-refractivity contribution >= 4 is 5.69 Å². The molecule has 0 bridgehead atoms. The molecule has 94 valence electrons. The van der Waals surface area contributed by atoms with Gasteiger partial charge in [-0.15, -0.1) is 0 Å². The average Bonchev–Trinajstić information content (AvgIpc) is 2.32. The highest BCUT2D eigenvalue weighted by Crippen LogP contribution is 2.32. The quantitative estimate of drug-likeness (QED) is 0.602. The van der Waals surface area contributed by atoms with Gasteiger partial charge in [-0.05, 0) is 23.8 Å². The van der Waals surface area contributed by atoms with Gasteiger partial charge >= 0.3 is 6.18 Å². The van der Waals surface area contributed by atoms with Crippen LogP contribution in [0.15, 0.2) is 42.5 Å². The van der Waals surface area contributed by atoms with Gasteiger partial charge in [0, 0.05) is 5.56 Å². The Bertz CT molecular complexity index is 558. The first kappa shape index (κ1) is 12.4. The molecule has 2 rings (SSSR count). The monoisotopic (exact) mass is 255 g/mol. The highest BCUT2D eigenvalue weighted by atomic mass is 19.4. The summed E-state index contributed by atoms with van der Waals surface area (Å²) in [5, 5.41) is 0. The molecule has 0 aliphatic carbocycles. The molecule has 0 unspecified atom stereocenters. The maximum Gasteiger partial charge on any atom is 0.416 e. The van der Waals surface area contributed by atoms with Crippen LogP contribution >= 0.6 is 0 Å². The SMILES string of the molecule is Nc1cccc(-c2ccc(C(F)(F)F)cc2)c1F. The van der Waals surface area contributed by atoms with Gasteiger partial charge in [-0.2, -0.15) is 13.2 Å². The summed E-state index contributed by atoms with van der Waals surface area (Å²) >= 11 is 0. The number of alkyl halides is 3. The van der Waals surface area contributed by atoms with Crippen molar-refractivity contribution in [2.24, 2.45) is 0 Å². The van der Waals surface area contributed by atoms with Crippen molar-refractivity contribution < 1.29 is 17.6 Å². The molecule has 0 heterocycles. The van der Waals surface area contributed by atoms with Gasteiger partial charge in [0.25, 0.3) is 0 Å². The normalized spacial score (nSPS) is 11.6. The molecule has 0 aromatic heterocycles. The second kappa shape index (κ2) is 4.33. The summed E-state index contributed by atoms with van der Waals surface area (Å²) in [5.41, 5.74) is 5.14. The van der Waals surface area contributed by atoms with Gasteiger partial charge in [-0.1, -0.05) is 24.3 Å². The van der Waals surface area contributed by atoms with Crippen molar-refractivity contribution in [2.45, 2.75) is 6.18 Å². The molecule has 5 heteroatoms. The van der Waals surface area contributed by atoms with E-state index in [-0.39, 0.29) is 11.3 Å². The van der Waals surface area contributed by atoms with E-state index in [0.29, 0.717) is 5.56 Å². The van der Waals surface area contributed by atoms with Crippen molar-refractivity contribution in [3.63, 3.8) is 0 Å². The lowest BCUT2D eigenvalue weighted by molar-refractivity contribution is -0.137. The lowest BCUT2D eigenvalue weighted by atomic mass is 10.0. The second-order valence-electron chi connectivity index (χ2n) is 3.78. The molecule has 0 fully saturated rings. The Balaban J connectivity index is 2.44. The maximum atomic E-state index is 13.7. The summed E-state index contributed by atoms with van der Waals surface area (Å²) in [4.78, 5) is 0. The van der Waals surface area contributed by atoms with E-state index in [4.69, 9.17) is 5.73 Å². The number of nitrogen functional groups attached to an aromatic ring is 1. The van der Waals surface area contributed by atoms with Crippen LogP contribution < -0.4 is 5.73 Å². The minimum absolute atomic E-state index is 0.0348. The van der Waals surface area contributed by atoms with Crippen LogP contribution in [0.4, 0.5) is 23.2 Å². The van der Waals surface area contributed by atoms with Gasteiger partial charge in [-0.25, -0.2) is 4.39 Å². The number of anilines is 1. The lowest BCUT2D eigenvalue weighted by Gasteiger charge is -2.09. The first-order valence-electron chi connectivity index (χ1n) is 5.11. The van der Waals surface area contributed by atoms with Gasteiger partial charge in [-0.3, -0.25) is 0 Å². The molecule has 18 heavy (non-hydrogen) atoms. The summed E-state index contributed by atoms with van der Waals surface area (Å²) in [6.45, 7) is 0.